The number of oxazole rings is 1. The quantitative estimate of drug-likeness (QED) is 0.379. The van der Waals surface area contributed by atoms with Gasteiger partial charge in [-0.25, -0.2) is 4.98 Å². The van der Waals surface area contributed by atoms with Crippen LogP contribution in [0, 0.1) is 0 Å². The van der Waals surface area contributed by atoms with Crippen molar-refractivity contribution in [3.8, 4) is 23.0 Å². The summed E-state index contributed by atoms with van der Waals surface area (Å²) < 4.78 is 16.5. The number of hydrogen-bond acceptors (Lipinski definition) is 5. The normalized spacial score (nSPS) is 10.9. The molecule has 0 atom stereocenters. The van der Waals surface area contributed by atoms with E-state index >= 15 is 0 Å². The molecule has 1 N–H and O–H groups in total. The van der Waals surface area contributed by atoms with Crippen molar-refractivity contribution in [2.45, 2.75) is 0 Å². The number of anilines is 1. The number of nitrogens with one attached hydrogen (secondary N) is 1. The Morgan fingerprint density at radius 1 is 0.875 bits per heavy atom. The zero-order valence-corrected chi connectivity index (χ0v) is 17.6. The smallest absolute Gasteiger partial charge is 0.255 e. The number of hydrogen-bond donors (Lipinski definition) is 1. The van der Waals surface area contributed by atoms with Crippen molar-refractivity contribution in [3.05, 3.63) is 84.4 Å². The van der Waals surface area contributed by atoms with Crippen LogP contribution in [0.1, 0.15) is 10.4 Å². The Morgan fingerprint density at radius 3 is 2.44 bits per heavy atom. The molecule has 158 valence electrons. The molecule has 6 nitrogen and oxygen atoms in total. The second-order valence-corrected chi connectivity index (χ2v) is 7.25. The summed E-state index contributed by atoms with van der Waals surface area (Å²) in [5.41, 5.74) is 3.54. The van der Waals surface area contributed by atoms with Crippen molar-refractivity contribution < 1.29 is 18.7 Å². The zero-order chi connectivity index (χ0) is 22.1. The fourth-order valence-corrected chi connectivity index (χ4v) is 3.66. The third-order valence-corrected chi connectivity index (χ3v) is 5.32. The zero-order valence-electron chi connectivity index (χ0n) is 17.6. The Bertz CT molecular complexity index is 1440. The Labute approximate surface area is 184 Å². The van der Waals surface area contributed by atoms with Gasteiger partial charge in [0, 0.05) is 22.2 Å². The van der Waals surface area contributed by atoms with E-state index in [0.29, 0.717) is 28.6 Å². The van der Waals surface area contributed by atoms with Crippen molar-refractivity contribution in [1.29, 1.82) is 0 Å². The standard InChI is InChI=1S/C26H20N2O4/c1-30-21-13-10-18(15-23(21)31-2)25(29)27-19-11-7-17(8-12-19)26-28-24-20-6-4-3-5-16(20)9-14-22(24)32-26/h3-15H,1-2H3,(H,27,29). The summed E-state index contributed by atoms with van der Waals surface area (Å²) in [4.78, 5) is 17.3. The highest BCUT2D eigenvalue weighted by molar-refractivity contribution is 6.05. The minimum atomic E-state index is -0.243. The topological polar surface area (TPSA) is 73.6 Å². The van der Waals surface area contributed by atoms with Crippen LogP contribution in [-0.4, -0.2) is 25.1 Å². The lowest BCUT2D eigenvalue weighted by molar-refractivity contribution is 0.102. The van der Waals surface area contributed by atoms with Crippen LogP contribution in [0.25, 0.3) is 33.3 Å². The second-order valence-electron chi connectivity index (χ2n) is 7.25. The molecule has 0 aliphatic heterocycles. The third kappa shape index (κ3) is 3.52. The van der Waals surface area contributed by atoms with E-state index < -0.39 is 0 Å². The molecule has 5 aromatic rings. The van der Waals surface area contributed by atoms with E-state index in [9.17, 15) is 4.79 Å². The van der Waals surface area contributed by atoms with Crippen LogP contribution in [0.2, 0.25) is 0 Å². The summed E-state index contributed by atoms with van der Waals surface area (Å²) in [6.07, 6.45) is 0. The monoisotopic (exact) mass is 424 g/mol. The molecule has 1 heterocycles. The summed E-state index contributed by atoms with van der Waals surface area (Å²) in [5, 5.41) is 5.06. The van der Waals surface area contributed by atoms with E-state index in [0.717, 1.165) is 27.4 Å². The number of benzene rings is 4. The largest absolute Gasteiger partial charge is 0.493 e. The molecule has 1 aromatic heterocycles. The number of fused-ring (bicyclic) bond motifs is 3. The minimum Gasteiger partial charge on any atom is -0.493 e. The fraction of sp³-hybridized carbons (Fsp3) is 0.0769. The number of ether oxygens (including phenoxy) is 2. The van der Waals surface area contributed by atoms with Crippen molar-refractivity contribution in [2.24, 2.45) is 0 Å². The molecule has 6 heteroatoms. The van der Waals surface area contributed by atoms with Gasteiger partial charge in [0.2, 0.25) is 5.89 Å². The van der Waals surface area contributed by atoms with Crippen LogP contribution >= 0.6 is 0 Å². The number of carbonyl (C=O) groups is 1. The fourth-order valence-electron chi connectivity index (χ4n) is 3.66. The van der Waals surface area contributed by atoms with Crippen LogP contribution < -0.4 is 14.8 Å². The predicted molar refractivity (Wildman–Crippen MR) is 124 cm³/mol. The first-order valence-electron chi connectivity index (χ1n) is 10.1. The molecule has 0 radical (unpaired) electrons. The van der Waals surface area contributed by atoms with Crippen molar-refractivity contribution in [3.63, 3.8) is 0 Å². The number of rotatable bonds is 5. The van der Waals surface area contributed by atoms with Crippen LogP contribution in [-0.2, 0) is 0 Å². The molecule has 0 aliphatic rings. The van der Waals surface area contributed by atoms with Gasteiger partial charge in [-0.1, -0.05) is 30.3 Å². The highest BCUT2D eigenvalue weighted by atomic mass is 16.5. The molecule has 0 saturated heterocycles. The molecule has 0 unspecified atom stereocenters. The maximum atomic E-state index is 12.6. The maximum Gasteiger partial charge on any atom is 0.255 e. The van der Waals surface area contributed by atoms with E-state index in [-0.39, 0.29) is 5.91 Å². The highest BCUT2D eigenvalue weighted by Gasteiger charge is 2.13. The summed E-state index contributed by atoms with van der Waals surface area (Å²) in [5.74, 6) is 1.36. The minimum absolute atomic E-state index is 0.243. The molecule has 32 heavy (non-hydrogen) atoms. The van der Waals surface area contributed by atoms with Gasteiger partial charge in [0.15, 0.2) is 17.1 Å². The van der Waals surface area contributed by atoms with Gasteiger partial charge in [-0.05, 0) is 53.9 Å². The lowest BCUT2D eigenvalue weighted by Crippen LogP contribution is -2.12. The second kappa shape index (κ2) is 8.07. The Morgan fingerprint density at radius 2 is 1.66 bits per heavy atom. The molecule has 1 amide bonds. The average molecular weight is 424 g/mol. The van der Waals surface area contributed by atoms with Crippen molar-refractivity contribution >= 4 is 33.5 Å². The average Bonchev–Trinajstić information content (AvgIpc) is 3.29. The van der Waals surface area contributed by atoms with Gasteiger partial charge >= 0.3 is 0 Å². The number of amides is 1. The molecule has 0 fully saturated rings. The van der Waals surface area contributed by atoms with Crippen LogP contribution in [0.15, 0.2) is 83.3 Å². The van der Waals surface area contributed by atoms with Gasteiger partial charge < -0.3 is 19.2 Å². The van der Waals surface area contributed by atoms with Gasteiger partial charge in [-0.2, -0.15) is 0 Å². The SMILES string of the molecule is COc1ccc(C(=O)Nc2ccc(-c3nc4c(ccc5ccccc54)o3)cc2)cc1OC. The molecule has 0 saturated carbocycles. The molecular formula is C26H20N2O4. The molecule has 5 rings (SSSR count). The van der Waals surface area contributed by atoms with Gasteiger partial charge in [-0.15, -0.1) is 0 Å². The van der Waals surface area contributed by atoms with E-state index in [1.165, 1.54) is 7.11 Å². The maximum absolute atomic E-state index is 12.6. The van der Waals surface area contributed by atoms with Gasteiger partial charge in [-0.3, -0.25) is 4.79 Å². The Kier molecular flexibility index (Phi) is 4.95. The molecule has 0 spiro atoms. The van der Waals surface area contributed by atoms with Gasteiger partial charge in [0.05, 0.1) is 14.2 Å². The predicted octanol–water partition coefficient (Wildman–Crippen LogP) is 5.92. The molecule has 0 aliphatic carbocycles. The first kappa shape index (κ1) is 19.6. The number of aromatic nitrogens is 1. The van der Waals surface area contributed by atoms with Crippen LogP contribution in [0.3, 0.4) is 0 Å². The van der Waals surface area contributed by atoms with E-state index in [1.807, 2.05) is 54.6 Å². The van der Waals surface area contributed by atoms with Crippen molar-refractivity contribution in [1.82, 2.24) is 4.98 Å². The van der Waals surface area contributed by atoms with Gasteiger partial charge in [0.25, 0.3) is 5.91 Å². The third-order valence-electron chi connectivity index (χ3n) is 5.32. The molecule has 4 aromatic carbocycles. The lowest BCUT2D eigenvalue weighted by Gasteiger charge is -2.10. The Balaban J connectivity index is 1.38. The van der Waals surface area contributed by atoms with E-state index in [1.54, 1.807) is 25.3 Å². The number of methoxy groups -OCH3 is 2. The van der Waals surface area contributed by atoms with E-state index in [4.69, 9.17) is 18.9 Å². The number of carbonyl (C=O) groups excluding carboxylic acids is 1. The summed E-state index contributed by atoms with van der Waals surface area (Å²) in [6, 6.07) is 24.5. The molecular weight excluding hydrogens is 404 g/mol. The summed E-state index contributed by atoms with van der Waals surface area (Å²) in [7, 11) is 3.09. The van der Waals surface area contributed by atoms with Gasteiger partial charge in [0.1, 0.15) is 5.52 Å². The molecule has 0 bridgehead atoms. The van der Waals surface area contributed by atoms with Crippen LogP contribution in [0.4, 0.5) is 5.69 Å². The lowest BCUT2D eigenvalue weighted by atomic mass is 10.1. The van der Waals surface area contributed by atoms with Crippen LogP contribution in [0.5, 0.6) is 11.5 Å². The highest BCUT2D eigenvalue weighted by Crippen LogP contribution is 2.31. The summed E-state index contributed by atoms with van der Waals surface area (Å²) in [6.45, 7) is 0. The first-order chi connectivity index (χ1) is 15.7. The summed E-state index contributed by atoms with van der Waals surface area (Å²) >= 11 is 0. The van der Waals surface area contributed by atoms with E-state index in [2.05, 4.69) is 11.4 Å². The van der Waals surface area contributed by atoms with Crippen molar-refractivity contribution in [2.75, 3.05) is 19.5 Å². The first-order valence-corrected chi connectivity index (χ1v) is 10.1. The number of nitrogens with zero attached hydrogens (tertiary/aromatic N) is 1. The Hall–Kier alpha value is -4.32.